The molecule has 0 aliphatic carbocycles. The molecule has 0 amide bonds. The van der Waals surface area contributed by atoms with Crippen molar-refractivity contribution in [3.05, 3.63) is 17.3 Å². The van der Waals surface area contributed by atoms with Crippen LogP contribution in [0.2, 0.25) is 0 Å². The molecule has 12 heavy (non-hydrogen) atoms. The smallest absolute Gasteiger partial charge is 0.141 e. The van der Waals surface area contributed by atoms with Crippen molar-refractivity contribution in [1.29, 1.82) is 0 Å². The summed E-state index contributed by atoms with van der Waals surface area (Å²) in [5.74, 6) is 1.18. The van der Waals surface area contributed by atoms with Crippen molar-refractivity contribution >= 4 is 21.7 Å². The normalized spacial score (nSPS) is 16.7. The van der Waals surface area contributed by atoms with E-state index in [0.29, 0.717) is 0 Å². The first kappa shape index (κ1) is 6.62. The SMILES string of the molecule is c1cc2c(nc3n2CCNC3)s1. The highest BCUT2D eigenvalue weighted by Crippen LogP contribution is 2.22. The standard InChI is InChI=1S/C8H9N3S/c1-4-12-8-6(1)11-3-2-9-5-7(11)10-8/h1,4,9H,2-3,5H2. The number of imidazole rings is 1. The second-order valence-corrected chi connectivity index (χ2v) is 3.86. The zero-order valence-electron chi connectivity index (χ0n) is 6.58. The molecule has 0 fully saturated rings. The third kappa shape index (κ3) is 0.763. The molecule has 2 aromatic heterocycles. The van der Waals surface area contributed by atoms with Crippen LogP contribution < -0.4 is 5.32 Å². The molecule has 1 N–H and O–H groups in total. The highest BCUT2D eigenvalue weighted by molar-refractivity contribution is 7.16. The molecule has 3 rings (SSSR count). The van der Waals surface area contributed by atoms with Crippen LogP contribution in [0, 0.1) is 0 Å². The van der Waals surface area contributed by atoms with Gasteiger partial charge >= 0.3 is 0 Å². The Bertz CT molecular complexity index is 415. The Balaban J connectivity index is 2.34. The van der Waals surface area contributed by atoms with E-state index >= 15 is 0 Å². The first-order valence-electron chi connectivity index (χ1n) is 4.08. The maximum atomic E-state index is 4.53. The molecule has 3 nitrogen and oxygen atoms in total. The van der Waals surface area contributed by atoms with Crippen molar-refractivity contribution in [3.63, 3.8) is 0 Å². The van der Waals surface area contributed by atoms with Gasteiger partial charge in [0.15, 0.2) is 0 Å². The Morgan fingerprint density at radius 3 is 3.58 bits per heavy atom. The molecule has 2 aromatic rings. The third-order valence-corrected chi connectivity index (χ3v) is 3.05. The lowest BCUT2D eigenvalue weighted by Gasteiger charge is -2.14. The van der Waals surface area contributed by atoms with E-state index in [4.69, 9.17) is 0 Å². The van der Waals surface area contributed by atoms with Crippen molar-refractivity contribution in [2.45, 2.75) is 13.1 Å². The molecule has 3 heterocycles. The highest BCUT2D eigenvalue weighted by atomic mass is 32.1. The van der Waals surface area contributed by atoms with Gasteiger partial charge in [0.05, 0.1) is 12.1 Å². The van der Waals surface area contributed by atoms with Crippen molar-refractivity contribution in [2.24, 2.45) is 0 Å². The average molecular weight is 179 g/mol. The number of aromatic nitrogens is 2. The van der Waals surface area contributed by atoms with Gasteiger partial charge in [0, 0.05) is 13.1 Å². The lowest BCUT2D eigenvalue weighted by Crippen LogP contribution is -2.28. The molecule has 0 saturated carbocycles. The summed E-state index contributed by atoms with van der Waals surface area (Å²) in [4.78, 5) is 5.71. The minimum Gasteiger partial charge on any atom is -0.325 e. The van der Waals surface area contributed by atoms with E-state index in [1.807, 2.05) is 0 Å². The second-order valence-electron chi connectivity index (χ2n) is 2.97. The number of hydrogen-bond donors (Lipinski definition) is 1. The fourth-order valence-corrected chi connectivity index (χ4v) is 2.46. The summed E-state index contributed by atoms with van der Waals surface area (Å²) >= 11 is 1.72. The first-order chi connectivity index (χ1) is 5.95. The van der Waals surface area contributed by atoms with Gasteiger partial charge in [-0.15, -0.1) is 11.3 Å². The summed E-state index contributed by atoms with van der Waals surface area (Å²) in [5.41, 5.74) is 1.30. The van der Waals surface area contributed by atoms with Gasteiger partial charge in [0.25, 0.3) is 0 Å². The van der Waals surface area contributed by atoms with E-state index in [-0.39, 0.29) is 0 Å². The van der Waals surface area contributed by atoms with Crippen LogP contribution in [-0.4, -0.2) is 16.1 Å². The third-order valence-electron chi connectivity index (χ3n) is 2.25. The zero-order chi connectivity index (χ0) is 7.97. The second kappa shape index (κ2) is 2.31. The summed E-state index contributed by atoms with van der Waals surface area (Å²) in [6, 6.07) is 2.15. The number of rotatable bonds is 0. The molecule has 62 valence electrons. The molecular formula is C8H9N3S. The zero-order valence-corrected chi connectivity index (χ0v) is 7.40. The van der Waals surface area contributed by atoms with Crippen molar-refractivity contribution in [3.8, 4) is 0 Å². The summed E-state index contributed by atoms with van der Waals surface area (Å²) < 4.78 is 2.31. The molecule has 0 unspecified atom stereocenters. The van der Waals surface area contributed by atoms with Crippen LogP contribution in [0.4, 0.5) is 0 Å². The number of nitrogens with zero attached hydrogens (tertiary/aromatic N) is 2. The van der Waals surface area contributed by atoms with E-state index in [1.165, 1.54) is 16.2 Å². The molecule has 0 bridgehead atoms. The summed E-state index contributed by atoms with van der Waals surface area (Å²) in [7, 11) is 0. The molecule has 4 heteroatoms. The van der Waals surface area contributed by atoms with Crippen LogP contribution in [-0.2, 0) is 13.1 Å². The first-order valence-corrected chi connectivity index (χ1v) is 4.96. The van der Waals surface area contributed by atoms with Crippen LogP contribution in [0.15, 0.2) is 11.4 Å². The Morgan fingerprint density at radius 1 is 1.58 bits per heavy atom. The van der Waals surface area contributed by atoms with Crippen molar-refractivity contribution < 1.29 is 0 Å². The Labute approximate surface area is 74.0 Å². The Kier molecular flexibility index (Phi) is 1.27. The molecule has 0 atom stereocenters. The van der Waals surface area contributed by atoms with Crippen molar-refractivity contribution in [1.82, 2.24) is 14.9 Å². The summed E-state index contributed by atoms with van der Waals surface area (Å²) in [6.07, 6.45) is 0. The topological polar surface area (TPSA) is 29.9 Å². The predicted octanol–water partition coefficient (Wildman–Crippen LogP) is 1.20. The van der Waals surface area contributed by atoms with E-state index in [1.54, 1.807) is 11.3 Å². The van der Waals surface area contributed by atoms with Gasteiger partial charge in [0.1, 0.15) is 10.7 Å². The fourth-order valence-electron chi connectivity index (χ4n) is 1.68. The van der Waals surface area contributed by atoms with Gasteiger partial charge in [-0.05, 0) is 11.4 Å². The molecular weight excluding hydrogens is 170 g/mol. The minimum atomic E-state index is 0.918. The lowest BCUT2D eigenvalue weighted by atomic mass is 10.4. The maximum Gasteiger partial charge on any atom is 0.141 e. The van der Waals surface area contributed by atoms with Gasteiger partial charge in [-0.2, -0.15) is 0 Å². The fraction of sp³-hybridized carbons (Fsp3) is 0.375. The summed E-state index contributed by atoms with van der Waals surface area (Å²) in [5, 5.41) is 5.42. The van der Waals surface area contributed by atoms with E-state index < -0.39 is 0 Å². The van der Waals surface area contributed by atoms with Crippen LogP contribution >= 0.6 is 11.3 Å². The van der Waals surface area contributed by atoms with Gasteiger partial charge in [-0.1, -0.05) is 0 Å². The summed E-state index contributed by atoms with van der Waals surface area (Å²) in [6.45, 7) is 3.04. The van der Waals surface area contributed by atoms with Crippen LogP contribution in [0.3, 0.4) is 0 Å². The highest BCUT2D eigenvalue weighted by Gasteiger charge is 2.13. The van der Waals surface area contributed by atoms with Crippen LogP contribution in [0.25, 0.3) is 10.3 Å². The number of thiophene rings is 1. The van der Waals surface area contributed by atoms with Gasteiger partial charge in [-0.25, -0.2) is 4.98 Å². The predicted molar refractivity (Wildman–Crippen MR) is 49.3 cm³/mol. The molecule has 1 aliphatic heterocycles. The number of hydrogen-bond acceptors (Lipinski definition) is 3. The minimum absolute atomic E-state index is 0.918. The number of nitrogens with one attached hydrogen (secondary N) is 1. The molecule has 0 saturated heterocycles. The largest absolute Gasteiger partial charge is 0.325 e. The van der Waals surface area contributed by atoms with Crippen LogP contribution in [0.1, 0.15) is 5.82 Å². The maximum absolute atomic E-state index is 4.53. The van der Waals surface area contributed by atoms with E-state index in [9.17, 15) is 0 Å². The van der Waals surface area contributed by atoms with E-state index in [2.05, 4.69) is 26.3 Å². The average Bonchev–Trinajstić information content (AvgIpc) is 2.62. The molecule has 0 aromatic carbocycles. The Morgan fingerprint density at radius 2 is 2.58 bits per heavy atom. The molecule has 0 radical (unpaired) electrons. The van der Waals surface area contributed by atoms with Gasteiger partial charge < -0.3 is 9.88 Å². The Hall–Kier alpha value is -0.870. The van der Waals surface area contributed by atoms with Gasteiger partial charge in [-0.3, -0.25) is 0 Å². The van der Waals surface area contributed by atoms with E-state index in [0.717, 1.165) is 19.6 Å². The number of fused-ring (bicyclic) bond motifs is 3. The molecule has 0 spiro atoms. The molecule has 1 aliphatic rings. The van der Waals surface area contributed by atoms with Crippen molar-refractivity contribution in [2.75, 3.05) is 6.54 Å². The van der Waals surface area contributed by atoms with Gasteiger partial charge in [0.2, 0.25) is 0 Å². The van der Waals surface area contributed by atoms with Crippen LogP contribution in [0.5, 0.6) is 0 Å². The monoisotopic (exact) mass is 179 g/mol. The quantitative estimate of drug-likeness (QED) is 0.658. The lowest BCUT2D eigenvalue weighted by molar-refractivity contribution is 0.514.